The van der Waals surface area contributed by atoms with Crippen LogP contribution < -0.4 is 36.8 Å². The van der Waals surface area contributed by atoms with Crippen molar-refractivity contribution in [3.8, 4) is 0 Å². The zero-order valence-corrected chi connectivity index (χ0v) is 47.3. The molecule has 2 aromatic rings. The number of halogens is 1. The molecule has 5 aliphatic heterocycles. The number of carboxylic acids is 1. The smallest absolute Gasteiger partial charge is 0.558 e. The average Bonchev–Trinajstić information content (AvgIpc) is 2.92. The van der Waals surface area contributed by atoms with Crippen LogP contribution in [-0.2, 0) is 95.6 Å². The van der Waals surface area contributed by atoms with E-state index in [-0.39, 0.29) is 58.3 Å². The SMILES string of the molecule is CCOC1OC(=O)CC1NC(=O)[C@@H]1Cc2cccc3c2N1C(=O)[C@@H](NC(=O)[C@@H](NC(=O)CNCC(C=O)NC(=O)[C@H](CCC(=O)O)NC(=O)Cc1ccc(CN2CCN4CCN(CC2)CC(=O)[O][Al]([F])[O]C(=O)C4)cc1)[C@@H](C)CC)CC3. The van der Waals surface area contributed by atoms with E-state index < -0.39 is 136 Å². The maximum absolute atomic E-state index is 14.5. The van der Waals surface area contributed by atoms with Crippen molar-refractivity contribution in [2.75, 3.05) is 77.0 Å². The van der Waals surface area contributed by atoms with E-state index >= 15 is 0 Å². The van der Waals surface area contributed by atoms with E-state index in [9.17, 15) is 61.4 Å². The molecule has 28 heteroatoms. The fourth-order valence-corrected chi connectivity index (χ4v) is 11.1. The van der Waals surface area contributed by atoms with E-state index in [1.54, 1.807) is 26.0 Å². The van der Waals surface area contributed by atoms with E-state index in [0.717, 1.165) is 16.7 Å². The van der Waals surface area contributed by atoms with E-state index in [0.29, 0.717) is 76.2 Å². The average molecular weight is 1160 g/mol. The first kappa shape index (κ1) is 62.7. The predicted octanol–water partition coefficient (Wildman–Crippen LogP) is -1.96. The molecule has 82 heavy (non-hydrogen) atoms. The summed E-state index contributed by atoms with van der Waals surface area (Å²) in [6.07, 6.45) is -0.416. The molecule has 5 aliphatic rings. The summed E-state index contributed by atoms with van der Waals surface area (Å²) in [4.78, 5) is 151. The molecule has 6 amide bonds. The molecule has 0 aromatic heterocycles. The number of fused-ring (bicyclic) bond motifs is 3. The van der Waals surface area contributed by atoms with Crippen LogP contribution in [0.2, 0.25) is 0 Å². The summed E-state index contributed by atoms with van der Waals surface area (Å²) in [6, 6.07) is 6.13. The number of carbonyl (C=O) groups is 11. The summed E-state index contributed by atoms with van der Waals surface area (Å²) < 4.78 is 34.3. The van der Waals surface area contributed by atoms with Crippen molar-refractivity contribution in [3.05, 3.63) is 64.7 Å². The van der Waals surface area contributed by atoms with Crippen molar-refractivity contribution in [2.24, 2.45) is 5.92 Å². The Kier molecular flexibility index (Phi) is 22.8. The Bertz CT molecular complexity index is 2660. The Hall–Kier alpha value is -6.93. The number of rotatable bonds is 24. The Labute approximate surface area is 478 Å². The second-order valence-electron chi connectivity index (χ2n) is 21.0. The number of anilines is 1. The number of cyclic esters (lactones) is 1. The fraction of sp³-hybridized carbons (Fsp3) is 0.574. The van der Waals surface area contributed by atoms with Gasteiger partial charge in [0.15, 0.2) is 0 Å². The summed E-state index contributed by atoms with van der Waals surface area (Å²) in [6.45, 7) is 8.03. The molecule has 7 rings (SSSR count). The molecule has 3 fully saturated rings. The topological polar surface area (TPSA) is 330 Å². The third-order valence-electron chi connectivity index (χ3n) is 15.0. The Morgan fingerprint density at radius 2 is 1.48 bits per heavy atom. The van der Waals surface area contributed by atoms with E-state index in [1.165, 1.54) is 4.90 Å². The van der Waals surface area contributed by atoms with Gasteiger partial charge >= 0.3 is 27.2 Å². The zero-order chi connectivity index (χ0) is 59.0. The fourth-order valence-electron chi connectivity index (χ4n) is 10.5. The lowest BCUT2D eigenvalue weighted by molar-refractivity contribution is -0.164. The van der Waals surface area contributed by atoms with E-state index in [1.807, 2.05) is 47.1 Å². The third-order valence-corrected chi connectivity index (χ3v) is 15.9. The highest BCUT2D eigenvalue weighted by Gasteiger charge is 2.47. The molecule has 5 heterocycles. The van der Waals surface area contributed by atoms with Gasteiger partial charge in [0.1, 0.15) is 36.5 Å². The number of nitrogens with one attached hydrogen (secondary N) is 6. The van der Waals surface area contributed by atoms with Crippen molar-refractivity contribution in [1.29, 1.82) is 0 Å². The number of aldehydes is 1. The molecule has 0 radical (unpaired) electrons. The molecular weight excluding hydrogens is 1090 g/mol. The van der Waals surface area contributed by atoms with Gasteiger partial charge in [0.25, 0.3) is 11.9 Å². The standard InChI is InChI=1S/C54H74N10O16.Al.FH/c1-4-32(3)48(52(77)58-39-14-13-35-7-6-8-36-24-41(64(49(35)36)53(39)78)51(76)59-40-25-47(74)80-54(40)79-5-2)60-43(67)27-55-26-37(31-65)56-50(75)38(15-16-44(68)69)57-42(66)23-33-9-11-34(12-10-33)28-61-17-19-62(29-45(70)71)21-22-63(20-18-61)30-46(72)73;;/h6-12,31-32,37-41,48,54-55H,4-5,13-30H2,1-3H3,(H,56,75)(H,57,66)(H,58,77)(H,59,76)(H,60,67)(H,68,69)(H,70,71)(H,72,73);;1H/q;+3;/p-3/t32-,37?,38-,39-,40?,41-,48-,54?;;/m0../s1. The lowest BCUT2D eigenvalue weighted by Gasteiger charge is -2.30. The summed E-state index contributed by atoms with van der Waals surface area (Å²) in [5.41, 5.74) is 3.66. The summed E-state index contributed by atoms with van der Waals surface area (Å²) >= 11 is -3.93. The van der Waals surface area contributed by atoms with Crippen LogP contribution >= 0.6 is 0 Å². The maximum atomic E-state index is 14.5. The highest BCUT2D eigenvalue weighted by molar-refractivity contribution is 6.41. The van der Waals surface area contributed by atoms with E-state index in [2.05, 4.69) is 36.8 Å². The molecule has 2 bridgehead atoms. The number of ether oxygens (including phenoxy) is 2. The van der Waals surface area contributed by atoms with Gasteiger partial charge in [-0.1, -0.05) is 62.7 Å². The number of hydrogen-bond donors (Lipinski definition) is 7. The van der Waals surface area contributed by atoms with Crippen LogP contribution in [0.15, 0.2) is 42.5 Å². The quantitative estimate of drug-likeness (QED) is 0.0341. The normalized spacial score (nSPS) is 23.5. The van der Waals surface area contributed by atoms with Gasteiger partial charge in [-0.25, -0.2) is 0 Å². The first-order valence-electron chi connectivity index (χ1n) is 27.7. The predicted molar refractivity (Wildman–Crippen MR) is 288 cm³/mol. The van der Waals surface area contributed by atoms with Crippen LogP contribution in [0, 0.1) is 5.92 Å². The van der Waals surface area contributed by atoms with Gasteiger partial charge in [-0.2, -0.15) is 0 Å². The first-order valence-corrected chi connectivity index (χ1v) is 29.1. The number of amides is 6. The van der Waals surface area contributed by atoms with Crippen LogP contribution in [0.1, 0.15) is 75.1 Å². The maximum Gasteiger partial charge on any atom is 1.15 e. The largest absolute Gasteiger partial charge is 1.15 e. The first-order chi connectivity index (χ1) is 39.3. The van der Waals surface area contributed by atoms with Gasteiger partial charge in [-0.15, -0.1) is 0 Å². The lowest BCUT2D eigenvalue weighted by Crippen LogP contribution is -2.59. The molecule has 26 nitrogen and oxygen atoms in total. The van der Waals surface area contributed by atoms with Crippen LogP contribution in [0.4, 0.5) is 9.21 Å². The molecule has 3 saturated heterocycles. The van der Waals surface area contributed by atoms with E-state index in [4.69, 9.17) is 17.1 Å². The van der Waals surface area contributed by atoms with Gasteiger partial charge in [0.05, 0.1) is 44.2 Å². The van der Waals surface area contributed by atoms with Crippen LogP contribution in [-0.4, -0.2) is 215 Å². The number of benzene rings is 2. The molecule has 444 valence electrons. The number of aliphatic carboxylic acids is 1. The van der Waals surface area contributed by atoms with Gasteiger partial charge < -0.3 is 62.4 Å². The molecular formula is C54H72AlFN10O16. The monoisotopic (exact) mass is 1160 g/mol. The highest BCUT2D eigenvalue weighted by atomic mass is 27.3. The molecule has 5 unspecified atom stereocenters. The number of nitrogens with zero attached hydrogens (tertiary/aromatic N) is 4. The number of carbonyl (C=O) groups excluding carboxylic acids is 10. The second kappa shape index (κ2) is 29.9. The Morgan fingerprint density at radius 1 is 0.817 bits per heavy atom. The van der Waals surface area contributed by atoms with Crippen molar-refractivity contribution in [2.45, 2.75) is 121 Å². The van der Waals surface area contributed by atoms with Gasteiger partial charge in [-0.05, 0) is 54.4 Å². The zero-order valence-electron chi connectivity index (χ0n) is 46.2. The number of carboxylic acid groups (broad SMARTS) is 1. The third kappa shape index (κ3) is 17.5. The van der Waals surface area contributed by atoms with Crippen LogP contribution in [0.3, 0.4) is 0 Å². The second-order valence-corrected chi connectivity index (χ2v) is 22.0. The Morgan fingerprint density at radius 3 is 2.12 bits per heavy atom. The van der Waals surface area contributed by atoms with Crippen molar-refractivity contribution >= 4 is 86.6 Å². The molecule has 10 atom stereocenters. The van der Waals surface area contributed by atoms with Crippen molar-refractivity contribution < 1.29 is 78.4 Å². The highest BCUT2D eigenvalue weighted by Crippen LogP contribution is 2.39. The number of hydrogen-bond acceptors (Lipinski definition) is 19. The number of para-hydroxylation sites is 1. The Balaban J connectivity index is 0.891. The van der Waals surface area contributed by atoms with Gasteiger partial charge in [-0.3, -0.25) is 67.5 Å². The van der Waals surface area contributed by atoms with Crippen molar-refractivity contribution in [1.82, 2.24) is 46.6 Å². The molecule has 0 aliphatic carbocycles. The summed E-state index contributed by atoms with van der Waals surface area (Å²) in [5.74, 6) is -7.54. The minimum atomic E-state index is -3.93. The molecule has 0 spiro atoms. The summed E-state index contributed by atoms with van der Waals surface area (Å²) in [5, 5.41) is 25.7. The van der Waals surface area contributed by atoms with Crippen LogP contribution in [0.5, 0.6) is 0 Å². The molecule has 7 N–H and O–H groups in total. The van der Waals surface area contributed by atoms with Gasteiger partial charge in [0, 0.05) is 71.8 Å². The number of aryl methyl sites for hydroxylation is 1. The number of esters is 1. The van der Waals surface area contributed by atoms with Crippen LogP contribution in [0.25, 0.3) is 0 Å². The summed E-state index contributed by atoms with van der Waals surface area (Å²) in [7, 11) is 0. The molecule has 2 aromatic carbocycles. The minimum absolute atomic E-state index is 0.107. The lowest BCUT2D eigenvalue weighted by atomic mass is 9.97. The molecule has 0 saturated carbocycles. The van der Waals surface area contributed by atoms with Gasteiger partial charge in [0.2, 0.25) is 41.7 Å². The van der Waals surface area contributed by atoms with Crippen molar-refractivity contribution in [3.63, 3.8) is 0 Å². The minimum Gasteiger partial charge on any atom is -0.558 e.